The summed E-state index contributed by atoms with van der Waals surface area (Å²) in [6.07, 6.45) is 5.57. The lowest BCUT2D eigenvalue weighted by Crippen LogP contribution is -2.31. The molecule has 2 nitrogen and oxygen atoms in total. The van der Waals surface area contributed by atoms with E-state index in [4.69, 9.17) is 9.47 Å². The van der Waals surface area contributed by atoms with Gasteiger partial charge in [-0.25, -0.2) is 0 Å². The van der Waals surface area contributed by atoms with Gasteiger partial charge in [-0.15, -0.1) is 13.2 Å². The molecule has 0 fully saturated rings. The number of hydrogen-bond donors (Lipinski definition) is 0. The molecule has 148 valence electrons. The molecule has 0 N–H and O–H groups in total. The number of benzene rings is 4. The summed E-state index contributed by atoms with van der Waals surface area (Å²) >= 11 is 0. The molecule has 4 rings (SSSR count). The van der Waals surface area contributed by atoms with Gasteiger partial charge in [0, 0.05) is 12.5 Å². The largest absolute Gasteiger partial charge is 0.384 e. The molecule has 0 aliphatic carbocycles. The minimum Gasteiger partial charge on any atom is -0.384 e. The molecule has 0 aliphatic heterocycles. The second-order valence-electron chi connectivity index (χ2n) is 7.99. The molecule has 0 saturated carbocycles. The van der Waals surface area contributed by atoms with Crippen molar-refractivity contribution in [3.63, 3.8) is 0 Å². The van der Waals surface area contributed by atoms with Gasteiger partial charge in [-0.2, -0.15) is 0 Å². The molecule has 4 aromatic carbocycles. The van der Waals surface area contributed by atoms with Gasteiger partial charge in [0.15, 0.2) is 0 Å². The van der Waals surface area contributed by atoms with E-state index < -0.39 is 0 Å². The van der Waals surface area contributed by atoms with Gasteiger partial charge in [0.1, 0.15) is 0 Å². The van der Waals surface area contributed by atoms with Crippen molar-refractivity contribution in [1.82, 2.24) is 0 Å². The van der Waals surface area contributed by atoms with E-state index >= 15 is 0 Å². The highest BCUT2D eigenvalue weighted by molar-refractivity contribution is 6.23. The molecule has 0 radical (unpaired) electrons. The summed E-state index contributed by atoms with van der Waals surface area (Å²) in [7, 11) is 1.74. The van der Waals surface area contributed by atoms with Crippen LogP contribution in [0.3, 0.4) is 0 Å². The second-order valence-corrected chi connectivity index (χ2v) is 7.99. The van der Waals surface area contributed by atoms with Crippen LogP contribution in [0.4, 0.5) is 0 Å². The Kier molecular flexibility index (Phi) is 5.66. The van der Waals surface area contributed by atoms with E-state index in [1.807, 2.05) is 12.2 Å². The molecule has 0 unspecified atom stereocenters. The zero-order chi connectivity index (χ0) is 20.3. The van der Waals surface area contributed by atoms with E-state index in [9.17, 15) is 0 Å². The van der Waals surface area contributed by atoms with Crippen LogP contribution >= 0.6 is 0 Å². The third-order valence-corrected chi connectivity index (χ3v) is 5.89. The molecule has 0 bridgehead atoms. The van der Waals surface area contributed by atoms with Crippen molar-refractivity contribution in [3.8, 4) is 0 Å². The lowest BCUT2D eigenvalue weighted by atomic mass is 9.82. The highest BCUT2D eigenvalue weighted by atomic mass is 16.5. The first-order chi connectivity index (χ1) is 14.2. The lowest BCUT2D eigenvalue weighted by molar-refractivity contribution is -0.0114. The van der Waals surface area contributed by atoms with Crippen molar-refractivity contribution in [2.24, 2.45) is 5.41 Å². The molecule has 2 heteroatoms. The van der Waals surface area contributed by atoms with Crippen molar-refractivity contribution in [1.29, 1.82) is 0 Å². The van der Waals surface area contributed by atoms with Crippen molar-refractivity contribution in [3.05, 3.63) is 85.5 Å². The zero-order valence-corrected chi connectivity index (χ0v) is 17.1. The van der Waals surface area contributed by atoms with Crippen molar-refractivity contribution >= 4 is 32.3 Å². The maximum Gasteiger partial charge on any atom is 0.0723 e. The minimum absolute atomic E-state index is 0.109. The van der Waals surface area contributed by atoms with E-state index in [1.54, 1.807) is 7.11 Å². The summed E-state index contributed by atoms with van der Waals surface area (Å²) in [5.74, 6) is 0. The summed E-state index contributed by atoms with van der Waals surface area (Å²) < 4.78 is 11.7. The van der Waals surface area contributed by atoms with Crippen molar-refractivity contribution in [2.75, 3.05) is 20.3 Å². The summed E-state index contributed by atoms with van der Waals surface area (Å²) in [5.41, 5.74) is 1.11. The number of hydrogen-bond acceptors (Lipinski definition) is 2. The molecule has 0 atom stereocenters. The van der Waals surface area contributed by atoms with Crippen molar-refractivity contribution < 1.29 is 9.47 Å². The fraction of sp³-hybridized carbons (Fsp3) is 0.259. The quantitative estimate of drug-likeness (QED) is 0.219. The van der Waals surface area contributed by atoms with Crippen LogP contribution in [0.5, 0.6) is 0 Å². The summed E-state index contributed by atoms with van der Waals surface area (Å²) in [4.78, 5) is 0. The lowest BCUT2D eigenvalue weighted by Gasteiger charge is -2.31. The first-order valence-corrected chi connectivity index (χ1v) is 10.2. The smallest absolute Gasteiger partial charge is 0.0723 e. The Hall–Kier alpha value is -2.68. The predicted molar refractivity (Wildman–Crippen MR) is 124 cm³/mol. The average Bonchev–Trinajstić information content (AvgIpc) is 2.73. The first kappa shape index (κ1) is 19.6. The topological polar surface area (TPSA) is 18.5 Å². The van der Waals surface area contributed by atoms with E-state index in [2.05, 4.69) is 67.8 Å². The normalized spacial score (nSPS) is 12.2. The second kappa shape index (κ2) is 8.36. The zero-order valence-electron chi connectivity index (χ0n) is 17.1. The molecule has 0 saturated heterocycles. The Morgan fingerprint density at radius 2 is 1.41 bits per heavy atom. The van der Waals surface area contributed by atoms with E-state index in [0.717, 1.165) is 12.8 Å². The monoisotopic (exact) mass is 384 g/mol. The fourth-order valence-electron chi connectivity index (χ4n) is 4.58. The van der Waals surface area contributed by atoms with Crippen LogP contribution < -0.4 is 0 Å². The van der Waals surface area contributed by atoms with Crippen LogP contribution in [0.15, 0.2) is 79.9 Å². The van der Waals surface area contributed by atoms with Crippen LogP contribution in [0.2, 0.25) is 0 Å². The highest BCUT2D eigenvalue weighted by Gasteiger charge is 2.28. The van der Waals surface area contributed by atoms with Crippen LogP contribution in [0.25, 0.3) is 32.3 Å². The Balaban J connectivity index is 1.66. The molecule has 4 aromatic rings. The summed E-state index contributed by atoms with van der Waals surface area (Å²) in [5, 5.41) is 7.81. The van der Waals surface area contributed by atoms with Gasteiger partial charge < -0.3 is 9.47 Å². The standard InChI is InChI=1S/C27H28O2/c1-4-15-27(16-5-2,18-28-3)19-29-17-23-12-11-22-10-9-20-7-6-8-21-13-14-24(23)26(22)25(20)21/h4-14H,1-2,15-19H2,3H3. The van der Waals surface area contributed by atoms with Gasteiger partial charge in [-0.05, 0) is 50.7 Å². The molecule has 0 aromatic heterocycles. The summed E-state index contributed by atoms with van der Waals surface area (Å²) in [6.45, 7) is 9.66. The van der Waals surface area contributed by atoms with Gasteiger partial charge in [0.25, 0.3) is 0 Å². The van der Waals surface area contributed by atoms with Gasteiger partial charge >= 0.3 is 0 Å². The van der Waals surface area contributed by atoms with Crippen LogP contribution in [0.1, 0.15) is 18.4 Å². The average molecular weight is 385 g/mol. The van der Waals surface area contributed by atoms with Crippen LogP contribution in [-0.2, 0) is 16.1 Å². The molecular weight excluding hydrogens is 356 g/mol. The summed E-state index contributed by atoms with van der Waals surface area (Å²) in [6, 6.07) is 19.8. The highest BCUT2D eigenvalue weighted by Crippen LogP contribution is 2.36. The number of allylic oxidation sites excluding steroid dienone is 2. The van der Waals surface area contributed by atoms with E-state index in [-0.39, 0.29) is 5.41 Å². The number of ether oxygens (including phenoxy) is 2. The SMILES string of the molecule is C=CCC(CC=C)(COC)COCc1ccc2ccc3cccc4ccc1c2c34. The fourth-order valence-corrected chi connectivity index (χ4v) is 4.58. The molecule has 0 aliphatic rings. The minimum atomic E-state index is -0.109. The molecule has 0 heterocycles. The van der Waals surface area contributed by atoms with E-state index in [1.165, 1.54) is 37.9 Å². The molecule has 29 heavy (non-hydrogen) atoms. The number of methoxy groups -OCH3 is 1. The molecule has 0 spiro atoms. The number of rotatable bonds is 10. The van der Waals surface area contributed by atoms with Crippen molar-refractivity contribution in [2.45, 2.75) is 19.4 Å². The first-order valence-electron chi connectivity index (χ1n) is 10.2. The Morgan fingerprint density at radius 3 is 2.07 bits per heavy atom. The van der Waals surface area contributed by atoms with Crippen LogP contribution in [-0.4, -0.2) is 20.3 Å². The Morgan fingerprint density at radius 1 is 0.793 bits per heavy atom. The maximum atomic E-state index is 6.26. The predicted octanol–water partition coefficient (Wildman–Crippen LogP) is 6.89. The Labute approximate surface area is 172 Å². The van der Waals surface area contributed by atoms with E-state index in [0.29, 0.717) is 19.8 Å². The van der Waals surface area contributed by atoms with Gasteiger partial charge in [0.2, 0.25) is 0 Å². The molecular formula is C27H28O2. The van der Waals surface area contributed by atoms with Gasteiger partial charge in [-0.3, -0.25) is 0 Å². The van der Waals surface area contributed by atoms with Gasteiger partial charge in [-0.1, -0.05) is 66.7 Å². The maximum absolute atomic E-state index is 6.26. The third-order valence-electron chi connectivity index (χ3n) is 5.89. The van der Waals surface area contributed by atoms with Gasteiger partial charge in [0.05, 0.1) is 19.8 Å². The third kappa shape index (κ3) is 3.66. The van der Waals surface area contributed by atoms with Crippen LogP contribution in [0, 0.1) is 5.41 Å². The molecule has 0 amide bonds. The Bertz CT molecular complexity index is 1120.